The molecule has 5 aliphatic rings. The fourth-order valence-electron chi connectivity index (χ4n) is 7.57. The van der Waals surface area contributed by atoms with Crippen LogP contribution in [0.3, 0.4) is 0 Å². The molecule has 3 saturated carbocycles. The topological polar surface area (TPSA) is 99.1 Å². The average Bonchev–Trinajstić information content (AvgIpc) is 3.07. The number of carbonyl (C=O) groups is 3. The number of fused-ring (bicyclic) bond motifs is 1. The normalized spacial score (nSPS) is 51.3. The first-order valence-electron chi connectivity index (χ1n) is 10.1. The van der Waals surface area contributed by atoms with Crippen molar-refractivity contribution >= 4 is 17.9 Å². The fraction of sp³-hybridized carbons (Fsp3) is 0.682. The highest BCUT2D eigenvalue weighted by Gasteiger charge is 2.84. The van der Waals surface area contributed by atoms with Crippen LogP contribution in [-0.2, 0) is 28.6 Å². The van der Waals surface area contributed by atoms with Gasteiger partial charge in [-0.15, -0.1) is 0 Å². The molecule has 7 heteroatoms. The summed E-state index contributed by atoms with van der Waals surface area (Å²) in [6.07, 6.45) is 4.79. The van der Waals surface area contributed by atoms with Gasteiger partial charge in [0.2, 0.25) is 0 Å². The maximum atomic E-state index is 13.2. The van der Waals surface area contributed by atoms with E-state index in [1.807, 2.05) is 6.08 Å². The van der Waals surface area contributed by atoms with Crippen LogP contribution in [0.25, 0.3) is 0 Å². The van der Waals surface area contributed by atoms with E-state index in [0.717, 1.165) is 5.57 Å². The van der Waals surface area contributed by atoms with E-state index < -0.39 is 57.9 Å². The molecule has 29 heavy (non-hydrogen) atoms. The number of rotatable bonds is 2. The summed E-state index contributed by atoms with van der Waals surface area (Å²) in [4.78, 5) is 38.1. The molecule has 4 aliphatic carbocycles. The first-order valence-corrected chi connectivity index (χ1v) is 10.1. The molecule has 0 radical (unpaired) electrons. The molecule has 0 aromatic heterocycles. The Hall–Kier alpha value is -2.15. The molecule has 156 valence electrons. The van der Waals surface area contributed by atoms with E-state index in [4.69, 9.17) is 14.2 Å². The molecule has 0 aromatic rings. The van der Waals surface area contributed by atoms with Crippen LogP contribution in [0, 0.1) is 28.6 Å². The third-order valence-electron chi connectivity index (χ3n) is 8.57. The number of methoxy groups -OCH3 is 1. The van der Waals surface area contributed by atoms with Crippen LogP contribution < -0.4 is 0 Å². The molecule has 1 heterocycles. The zero-order chi connectivity index (χ0) is 21.0. The Morgan fingerprint density at radius 3 is 2.76 bits per heavy atom. The van der Waals surface area contributed by atoms with Crippen LogP contribution in [0.15, 0.2) is 24.3 Å². The first-order chi connectivity index (χ1) is 13.5. The molecule has 7 nitrogen and oxygen atoms in total. The van der Waals surface area contributed by atoms with Crippen LogP contribution in [0.5, 0.6) is 0 Å². The highest BCUT2D eigenvalue weighted by atomic mass is 16.6. The van der Waals surface area contributed by atoms with Crippen molar-refractivity contribution in [2.75, 3.05) is 7.11 Å². The standard InChI is InChI=1S/C22H26O7/c1-11-9-20-10-21(11,26)7-5-13(20)22-8-6-14(28-12(2)23)19(3,18(25)29-22)16(22)15(20)17(24)27-4/h6,8,13-16,26H,1,5,7,9-10H2,2-4H3/t13-,14+,15-,16-,19+,20+,21+,22?/m1/s1. The zero-order valence-electron chi connectivity index (χ0n) is 16.9. The van der Waals surface area contributed by atoms with Crippen molar-refractivity contribution in [3.63, 3.8) is 0 Å². The third-order valence-corrected chi connectivity index (χ3v) is 8.57. The van der Waals surface area contributed by atoms with Gasteiger partial charge in [0, 0.05) is 18.8 Å². The molecule has 1 saturated heterocycles. The maximum Gasteiger partial charge on any atom is 0.317 e. The SMILES string of the molecule is C=C1C[C@]23C[C@@]1(O)CC[C@H]2C12C=C[C@H](OC(C)=O)[C@](C)(C(=O)O1)[C@H]2[C@@H]3C(=O)OC. The van der Waals surface area contributed by atoms with Gasteiger partial charge in [-0.25, -0.2) is 0 Å². The number of aliphatic hydroxyl groups is 1. The van der Waals surface area contributed by atoms with Crippen LogP contribution in [0.4, 0.5) is 0 Å². The van der Waals surface area contributed by atoms with Crippen molar-refractivity contribution in [3.8, 4) is 0 Å². The molecule has 1 aliphatic heterocycles. The second kappa shape index (κ2) is 5.31. The Labute approximate surface area is 169 Å². The van der Waals surface area contributed by atoms with Crippen molar-refractivity contribution in [3.05, 3.63) is 24.3 Å². The van der Waals surface area contributed by atoms with E-state index in [0.29, 0.717) is 25.7 Å². The molecule has 1 spiro atoms. The number of hydrogen-bond acceptors (Lipinski definition) is 7. The smallest absolute Gasteiger partial charge is 0.317 e. The van der Waals surface area contributed by atoms with E-state index in [1.54, 1.807) is 13.0 Å². The van der Waals surface area contributed by atoms with Crippen molar-refractivity contribution in [2.45, 2.75) is 56.8 Å². The Bertz CT molecular complexity index is 892. The van der Waals surface area contributed by atoms with E-state index in [9.17, 15) is 19.5 Å². The predicted octanol–water partition coefficient (Wildman–Crippen LogP) is 1.69. The lowest BCUT2D eigenvalue weighted by atomic mass is 9.61. The number of ether oxygens (including phenoxy) is 3. The molecule has 1 unspecified atom stereocenters. The molecular formula is C22H26O7. The lowest BCUT2D eigenvalue weighted by Gasteiger charge is -2.44. The van der Waals surface area contributed by atoms with Gasteiger partial charge in [0.1, 0.15) is 17.1 Å². The summed E-state index contributed by atoms with van der Waals surface area (Å²) < 4.78 is 16.8. The first kappa shape index (κ1) is 18.9. The average molecular weight is 402 g/mol. The monoisotopic (exact) mass is 402 g/mol. The highest BCUT2D eigenvalue weighted by molar-refractivity contribution is 5.87. The van der Waals surface area contributed by atoms with E-state index in [1.165, 1.54) is 14.0 Å². The number of hydrogen-bond donors (Lipinski definition) is 1. The van der Waals surface area contributed by atoms with Crippen LogP contribution in [0.2, 0.25) is 0 Å². The van der Waals surface area contributed by atoms with Crippen LogP contribution >= 0.6 is 0 Å². The van der Waals surface area contributed by atoms with Crippen LogP contribution in [-0.4, -0.2) is 47.4 Å². The zero-order valence-corrected chi connectivity index (χ0v) is 16.9. The van der Waals surface area contributed by atoms with Gasteiger partial charge < -0.3 is 19.3 Å². The van der Waals surface area contributed by atoms with Crippen molar-refractivity contribution < 1.29 is 33.7 Å². The van der Waals surface area contributed by atoms with Crippen molar-refractivity contribution in [1.29, 1.82) is 0 Å². The van der Waals surface area contributed by atoms with Gasteiger partial charge in [-0.05, 0) is 55.7 Å². The number of carbonyl (C=O) groups excluding carboxylic acids is 3. The summed E-state index contributed by atoms with van der Waals surface area (Å²) in [7, 11) is 1.34. The third kappa shape index (κ3) is 1.91. The highest BCUT2D eigenvalue weighted by Crippen LogP contribution is 2.77. The fourth-order valence-corrected chi connectivity index (χ4v) is 7.57. The molecule has 8 atom stereocenters. The van der Waals surface area contributed by atoms with Gasteiger partial charge in [-0.2, -0.15) is 0 Å². The molecule has 1 N–H and O–H groups in total. The largest absolute Gasteiger partial charge is 0.469 e. The summed E-state index contributed by atoms with van der Waals surface area (Å²) in [5, 5.41) is 11.1. The minimum atomic E-state index is -1.20. The number of esters is 3. The van der Waals surface area contributed by atoms with E-state index in [-0.39, 0.29) is 5.92 Å². The van der Waals surface area contributed by atoms with Gasteiger partial charge in [0.25, 0.3) is 0 Å². The summed E-state index contributed by atoms with van der Waals surface area (Å²) in [5.74, 6) is -2.71. The second-order valence-corrected chi connectivity index (χ2v) is 9.71. The van der Waals surface area contributed by atoms with Gasteiger partial charge in [0.15, 0.2) is 0 Å². The summed E-state index contributed by atoms with van der Waals surface area (Å²) in [6.45, 7) is 7.13. The maximum absolute atomic E-state index is 13.2. The lowest BCUT2D eigenvalue weighted by molar-refractivity contribution is -0.168. The van der Waals surface area contributed by atoms with E-state index >= 15 is 0 Å². The molecule has 4 bridgehead atoms. The molecule has 0 amide bonds. The molecule has 0 aromatic carbocycles. The van der Waals surface area contributed by atoms with E-state index in [2.05, 4.69) is 6.58 Å². The summed E-state index contributed by atoms with van der Waals surface area (Å²) in [6, 6.07) is 0. The Morgan fingerprint density at radius 2 is 2.10 bits per heavy atom. The van der Waals surface area contributed by atoms with Gasteiger partial charge >= 0.3 is 17.9 Å². The van der Waals surface area contributed by atoms with Crippen molar-refractivity contribution in [2.24, 2.45) is 28.6 Å². The van der Waals surface area contributed by atoms with Gasteiger partial charge in [-0.3, -0.25) is 14.4 Å². The molecular weight excluding hydrogens is 376 g/mol. The lowest BCUT2D eigenvalue weighted by Crippen LogP contribution is -2.52. The van der Waals surface area contributed by atoms with Crippen molar-refractivity contribution in [1.82, 2.24) is 0 Å². The summed E-state index contributed by atoms with van der Waals surface area (Å²) >= 11 is 0. The second-order valence-electron chi connectivity index (χ2n) is 9.71. The quantitative estimate of drug-likeness (QED) is 0.426. The Kier molecular flexibility index (Phi) is 3.45. The predicted molar refractivity (Wildman–Crippen MR) is 99.1 cm³/mol. The van der Waals surface area contributed by atoms with Gasteiger partial charge in [-0.1, -0.05) is 6.58 Å². The molecule has 5 rings (SSSR count). The minimum Gasteiger partial charge on any atom is -0.469 e. The Balaban J connectivity index is 1.73. The Morgan fingerprint density at radius 1 is 1.38 bits per heavy atom. The molecule has 4 fully saturated rings. The van der Waals surface area contributed by atoms with Crippen LogP contribution in [0.1, 0.15) is 39.5 Å². The van der Waals surface area contributed by atoms with Gasteiger partial charge in [0.05, 0.1) is 18.6 Å². The summed E-state index contributed by atoms with van der Waals surface area (Å²) in [5.41, 5.74) is -3.03. The minimum absolute atomic E-state index is 0.135.